The molecule has 2 rings (SSSR count). The van der Waals surface area contributed by atoms with Crippen LogP contribution in [0.3, 0.4) is 0 Å². The zero-order valence-electron chi connectivity index (χ0n) is 9.82. The van der Waals surface area contributed by atoms with Crippen LogP contribution in [0.1, 0.15) is 11.1 Å². The molecule has 0 aliphatic carbocycles. The Hall–Kier alpha value is -2.11. The van der Waals surface area contributed by atoms with Crippen molar-refractivity contribution in [2.75, 3.05) is 6.54 Å². The van der Waals surface area contributed by atoms with Crippen molar-refractivity contribution in [1.82, 2.24) is 0 Å². The number of aliphatic imine (C=N–C) groups is 1. The number of nitrogens with two attached hydrogens (primary N) is 1. The van der Waals surface area contributed by atoms with Crippen molar-refractivity contribution in [3.63, 3.8) is 0 Å². The molecule has 2 N–H and O–H groups in total. The smallest absolute Gasteiger partial charge is 0.369 e. The lowest BCUT2D eigenvalue weighted by atomic mass is 9.76. The topological polar surface area (TPSA) is 55.5 Å². The molecular weight excluding hydrogens is 257 g/mol. The lowest BCUT2D eigenvalue weighted by Gasteiger charge is -2.30. The second kappa shape index (κ2) is 4.53. The standard InChI is InChI=1S/C13H11F3N2O/c14-13(15,16)10-5-2-1-4-9(10)12(11(17)19)6-3-7-18-8-12/h1-7H,8H2,(H2,17,19). The molecule has 1 aliphatic rings. The van der Waals surface area contributed by atoms with Gasteiger partial charge in [0.1, 0.15) is 5.41 Å². The van der Waals surface area contributed by atoms with Gasteiger partial charge in [-0.2, -0.15) is 13.2 Å². The number of hydrogen-bond acceptors (Lipinski definition) is 2. The first-order valence-electron chi connectivity index (χ1n) is 5.52. The highest BCUT2D eigenvalue weighted by Gasteiger charge is 2.44. The summed E-state index contributed by atoms with van der Waals surface area (Å²) in [6.45, 7) is -0.119. The Morgan fingerprint density at radius 1 is 1.32 bits per heavy atom. The van der Waals surface area contributed by atoms with Gasteiger partial charge in [-0.1, -0.05) is 24.3 Å². The lowest BCUT2D eigenvalue weighted by Crippen LogP contribution is -2.44. The first-order chi connectivity index (χ1) is 8.88. The number of primary amides is 1. The molecule has 0 spiro atoms. The molecule has 0 radical (unpaired) electrons. The van der Waals surface area contributed by atoms with Crippen LogP contribution >= 0.6 is 0 Å². The second-order valence-electron chi connectivity index (χ2n) is 4.23. The summed E-state index contributed by atoms with van der Waals surface area (Å²) < 4.78 is 39.1. The molecule has 0 saturated carbocycles. The minimum atomic E-state index is -4.55. The van der Waals surface area contributed by atoms with E-state index in [-0.39, 0.29) is 12.1 Å². The van der Waals surface area contributed by atoms with E-state index in [2.05, 4.69) is 4.99 Å². The van der Waals surface area contributed by atoms with E-state index in [1.807, 2.05) is 0 Å². The van der Waals surface area contributed by atoms with Crippen molar-refractivity contribution >= 4 is 12.1 Å². The zero-order chi connectivity index (χ0) is 14.1. The number of carbonyl (C=O) groups excluding carboxylic acids is 1. The minimum absolute atomic E-state index is 0.119. The SMILES string of the molecule is NC(=O)C1(c2ccccc2C(F)(F)F)C=CC=NC1. The summed E-state index contributed by atoms with van der Waals surface area (Å²) in [6.07, 6.45) is -0.320. The van der Waals surface area contributed by atoms with Gasteiger partial charge >= 0.3 is 6.18 Å². The Morgan fingerprint density at radius 2 is 2.00 bits per heavy atom. The molecule has 3 nitrogen and oxygen atoms in total. The number of hydrogen-bond donors (Lipinski definition) is 1. The van der Waals surface area contributed by atoms with Crippen LogP contribution in [0.15, 0.2) is 41.4 Å². The second-order valence-corrected chi connectivity index (χ2v) is 4.23. The zero-order valence-corrected chi connectivity index (χ0v) is 9.82. The number of halogens is 3. The van der Waals surface area contributed by atoms with Crippen molar-refractivity contribution in [3.8, 4) is 0 Å². The first-order valence-corrected chi connectivity index (χ1v) is 5.52. The average Bonchev–Trinajstić information content (AvgIpc) is 2.38. The largest absolute Gasteiger partial charge is 0.416 e. The molecule has 0 aromatic heterocycles. The number of amides is 1. The number of alkyl halides is 3. The van der Waals surface area contributed by atoms with E-state index in [1.165, 1.54) is 36.6 Å². The van der Waals surface area contributed by atoms with Crippen LogP contribution in [0.5, 0.6) is 0 Å². The number of dihydropyridines is 1. The summed E-state index contributed by atoms with van der Waals surface area (Å²) in [5.41, 5.74) is 2.75. The summed E-state index contributed by atoms with van der Waals surface area (Å²) in [5, 5.41) is 0. The van der Waals surface area contributed by atoms with Crippen LogP contribution in [-0.2, 0) is 16.4 Å². The highest BCUT2D eigenvalue weighted by Crippen LogP contribution is 2.39. The van der Waals surface area contributed by atoms with Crippen LogP contribution in [0.2, 0.25) is 0 Å². The number of nitrogens with zero attached hydrogens (tertiary/aromatic N) is 1. The van der Waals surface area contributed by atoms with Gasteiger partial charge in [0, 0.05) is 6.21 Å². The van der Waals surface area contributed by atoms with Crippen LogP contribution in [0.4, 0.5) is 13.2 Å². The van der Waals surface area contributed by atoms with Crippen LogP contribution in [0, 0.1) is 0 Å². The van der Waals surface area contributed by atoms with Crippen LogP contribution < -0.4 is 5.73 Å². The highest BCUT2D eigenvalue weighted by atomic mass is 19.4. The number of benzene rings is 1. The van der Waals surface area contributed by atoms with Gasteiger partial charge in [0.25, 0.3) is 0 Å². The fourth-order valence-corrected chi connectivity index (χ4v) is 2.10. The molecule has 1 unspecified atom stereocenters. The summed E-state index contributed by atoms with van der Waals surface area (Å²) in [7, 11) is 0. The van der Waals surface area contributed by atoms with Gasteiger partial charge in [-0.3, -0.25) is 9.79 Å². The molecule has 100 valence electrons. The normalized spacial score (nSPS) is 22.5. The third-order valence-electron chi connectivity index (χ3n) is 3.07. The van der Waals surface area contributed by atoms with E-state index >= 15 is 0 Å². The Labute approximate surface area is 107 Å². The van der Waals surface area contributed by atoms with E-state index in [4.69, 9.17) is 5.73 Å². The lowest BCUT2D eigenvalue weighted by molar-refractivity contribution is -0.139. The van der Waals surface area contributed by atoms with E-state index in [9.17, 15) is 18.0 Å². The molecule has 0 saturated heterocycles. The van der Waals surface area contributed by atoms with E-state index in [0.29, 0.717) is 0 Å². The number of allylic oxidation sites excluding steroid dienone is 1. The van der Waals surface area contributed by atoms with Gasteiger partial charge in [0.05, 0.1) is 12.1 Å². The number of rotatable bonds is 2. The fourth-order valence-electron chi connectivity index (χ4n) is 2.10. The van der Waals surface area contributed by atoms with Crippen molar-refractivity contribution in [3.05, 3.63) is 47.5 Å². The van der Waals surface area contributed by atoms with Gasteiger partial charge < -0.3 is 5.73 Å². The molecule has 1 amide bonds. The van der Waals surface area contributed by atoms with Crippen LogP contribution in [-0.4, -0.2) is 18.7 Å². The molecule has 1 aromatic rings. The Morgan fingerprint density at radius 3 is 2.53 bits per heavy atom. The van der Waals surface area contributed by atoms with Crippen LogP contribution in [0.25, 0.3) is 0 Å². The summed E-state index contributed by atoms with van der Waals surface area (Å²) in [4.78, 5) is 15.6. The molecule has 19 heavy (non-hydrogen) atoms. The maximum atomic E-state index is 13.0. The number of carbonyl (C=O) groups is 1. The maximum absolute atomic E-state index is 13.0. The van der Waals surface area contributed by atoms with Gasteiger partial charge in [-0.25, -0.2) is 0 Å². The Balaban J connectivity index is 2.66. The molecule has 0 fully saturated rings. The van der Waals surface area contributed by atoms with Crippen molar-refractivity contribution < 1.29 is 18.0 Å². The third kappa shape index (κ3) is 2.25. The average molecular weight is 268 g/mol. The van der Waals surface area contributed by atoms with E-state index in [0.717, 1.165) is 6.07 Å². The molecule has 1 aliphatic heterocycles. The maximum Gasteiger partial charge on any atom is 0.416 e. The summed E-state index contributed by atoms with van der Waals surface area (Å²) in [5.74, 6) is -0.850. The van der Waals surface area contributed by atoms with Gasteiger partial charge in [-0.15, -0.1) is 0 Å². The Kier molecular flexibility index (Phi) is 3.18. The fraction of sp³-hybridized carbons (Fsp3) is 0.231. The van der Waals surface area contributed by atoms with Crippen molar-refractivity contribution in [2.45, 2.75) is 11.6 Å². The van der Waals surface area contributed by atoms with Crippen molar-refractivity contribution in [2.24, 2.45) is 10.7 Å². The first kappa shape index (κ1) is 13.3. The monoisotopic (exact) mass is 268 g/mol. The molecule has 6 heteroatoms. The predicted molar refractivity (Wildman–Crippen MR) is 64.8 cm³/mol. The quantitative estimate of drug-likeness (QED) is 0.877. The highest BCUT2D eigenvalue weighted by molar-refractivity contribution is 5.92. The molecule has 1 aromatic carbocycles. The minimum Gasteiger partial charge on any atom is -0.369 e. The Bertz CT molecular complexity index is 563. The molecule has 1 atom stereocenters. The van der Waals surface area contributed by atoms with Crippen molar-refractivity contribution in [1.29, 1.82) is 0 Å². The molecule has 0 bridgehead atoms. The van der Waals surface area contributed by atoms with Gasteiger partial charge in [0.2, 0.25) is 5.91 Å². The third-order valence-corrected chi connectivity index (χ3v) is 3.07. The predicted octanol–water partition coefficient (Wildman–Crippen LogP) is 2.07. The molecular formula is C13H11F3N2O. The van der Waals surface area contributed by atoms with E-state index in [1.54, 1.807) is 0 Å². The molecule has 1 heterocycles. The van der Waals surface area contributed by atoms with E-state index < -0.39 is 23.1 Å². The summed E-state index contributed by atoms with van der Waals surface area (Å²) in [6, 6.07) is 4.92. The van der Waals surface area contributed by atoms with Gasteiger partial charge in [0.15, 0.2) is 0 Å². The summed E-state index contributed by atoms with van der Waals surface area (Å²) >= 11 is 0. The van der Waals surface area contributed by atoms with Gasteiger partial charge in [-0.05, 0) is 17.7 Å².